The van der Waals surface area contributed by atoms with Crippen LogP contribution < -0.4 is 15.7 Å². The van der Waals surface area contributed by atoms with Crippen LogP contribution in [0, 0.1) is 0 Å². The molecule has 1 heterocycles. The molecule has 0 aliphatic rings. The van der Waals surface area contributed by atoms with Crippen molar-refractivity contribution in [1.29, 1.82) is 0 Å². The van der Waals surface area contributed by atoms with Crippen molar-refractivity contribution in [3.8, 4) is 5.75 Å². The lowest BCUT2D eigenvalue weighted by Gasteiger charge is -2.30. The van der Waals surface area contributed by atoms with Crippen molar-refractivity contribution in [3.63, 3.8) is 0 Å². The molecule has 2 rings (SSSR count). The minimum Gasteiger partial charge on any atom is -0.470 e. The molecule has 0 fully saturated rings. The number of hydrogen-bond acceptors (Lipinski definition) is 4. The zero-order valence-electron chi connectivity index (χ0n) is 12.2. The molecular formula is C14H21N3O3. The Balaban J connectivity index is 2.31. The van der Waals surface area contributed by atoms with Gasteiger partial charge in [0.1, 0.15) is 17.4 Å². The monoisotopic (exact) mass is 279 g/mol. The summed E-state index contributed by atoms with van der Waals surface area (Å²) < 4.78 is 5.83. The molecule has 2 aromatic rings. The fourth-order valence-electron chi connectivity index (χ4n) is 1.94. The molecule has 20 heavy (non-hydrogen) atoms. The van der Waals surface area contributed by atoms with Gasteiger partial charge in [-0.3, -0.25) is 5.32 Å². The number of H-pyrrole nitrogens is 2. The lowest BCUT2D eigenvalue weighted by atomic mass is 10.1. The molecule has 0 spiro atoms. The van der Waals surface area contributed by atoms with Crippen LogP contribution in [0.15, 0.2) is 23.0 Å². The molecule has 1 aromatic carbocycles. The van der Waals surface area contributed by atoms with Crippen LogP contribution in [0.25, 0.3) is 11.0 Å². The standard InChI is InChI=1S/C14H21N3O3/c1-8(18)12(17-14(2,3)4)20-10-7-5-6-9-11(10)16-13(19)15-9/h5-8,12,17-18H,1-4H3,(H2,15,16,19). The smallest absolute Gasteiger partial charge is 0.323 e. The van der Waals surface area contributed by atoms with Crippen LogP contribution in [0.1, 0.15) is 27.7 Å². The number of ether oxygens (including phenoxy) is 1. The van der Waals surface area contributed by atoms with Gasteiger partial charge in [0.15, 0.2) is 6.23 Å². The van der Waals surface area contributed by atoms with Gasteiger partial charge in [-0.1, -0.05) is 6.07 Å². The number of aliphatic hydroxyl groups excluding tert-OH is 1. The molecule has 110 valence electrons. The van der Waals surface area contributed by atoms with E-state index in [1.54, 1.807) is 25.1 Å². The van der Waals surface area contributed by atoms with Gasteiger partial charge in [-0.25, -0.2) is 4.79 Å². The van der Waals surface area contributed by atoms with Crippen LogP contribution in [-0.2, 0) is 0 Å². The SMILES string of the molecule is CC(O)C(NC(C)(C)C)Oc1cccc2[nH]c(=O)[nH]c12. The number of benzene rings is 1. The Morgan fingerprint density at radius 1 is 1.30 bits per heavy atom. The van der Waals surface area contributed by atoms with Crippen LogP contribution in [0.4, 0.5) is 0 Å². The second-order valence-electron chi connectivity index (χ2n) is 5.93. The summed E-state index contributed by atoms with van der Waals surface area (Å²) in [7, 11) is 0. The summed E-state index contributed by atoms with van der Waals surface area (Å²) in [6, 6.07) is 5.33. The van der Waals surface area contributed by atoms with E-state index in [0.717, 1.165) is 0 Å². The third-order valence-corrected chi connectivity index (χ3v) is 2.78. The Morgan fingerprint density at radius 2 is 2.00 bits per heavy atom. The maximum absolute atomic E-state index is 11.4. The first-order valence-corrected chi connectivity index (χ1v) is 6.60. The van der Waals surface area contributed by atoms with Crippen molar-refractivity contribution >= 4 is 11.0 Å². The van der Waals surface area contributed by atoms with E-state index in [9.17, 15) is 9.90 Å². The van der Waals surface area contributed by atoms with E-state index in [1.807, 2.05) is 20.8 Å². The molecule has 1 aromatic heterocycles. The Labute approximate surface area is 117 Å². The summed E-state index contributed by atoms with van der Waals surface area (Å²) in [5, 5.41) is 13.0. The fraction of sp³-hybridized carbons (Fsp3) is 0.500. The first-order valence-electron chi connectivity index (χ1n) is 6.60. The lowest BCUT2D eigenvalue weighted by Crippen LogP contribution is -2.51. The Kier molecular flexibility index (Phi) is 3.87. The molecular weight excluding hydrogens is 258 g/mol. The van der Waals surface area contributed by atoms with Crippen LogP contribution in [0.5, 0.6) is 5.75 Å². The van der Waals surface area contributed by atoms with Gasteiger partial charge in [0, 0.05) is 5.54 Å². The number of hydrogen-bond donors (Lipinski definition) is 4. The highest BCUT2D eigenvalue weighted by Gasteiger charge is 2.23. The first kappa shape index (κ1) is 14.6. The van der Waals surface area contributed by atoms with Gasteiger partial charge >= 0.3 is 5.69 Å². The molecule has 2 unspecified atom stereocenters. The summed E-state index contributed by atoms with van der Waals surface area (Å²) in [6.07, 6.45) is -1.27. The highest BCUT2D eigenvalue weighted by Crippen LogP contribution is 2.23. The lowest BCUT2D eigenvalue weighted by molar-refractivity contribution is 0.0121. The Bertz CT molecular complexity index is 637. The molecule has 6 heteroatoms. The van der Waals surface area contributed by atoms with E-state index in [4.69, 9.17) is 4.74 Å². The van der Waals surface area contributed by atoms with Crippen LogP contribution in [0.2, 0.25) is 0 Å². The summed E-state index contributed by atoms with van der Waals surface area (Å²) in [5.74, 6) is 0.517. The molecule has 0 saturated carbocycles. The number of aromatic nitrogens is 2. The van der Waals surface area contributed by atoms with E-state index in [2.05, 4.69) is 15.3 Å². The zero-order valence-corrected chi connectivity index (χ0v) is 12.2. The van der Waals surface area contributed by atoms with Crippen LogP contribution in [0.3, 0.4) is 0 Å². The van der Waals surface area contributed by atoms with Gasteiger partial charge in [0.2, 0.25) is 0 Å². The molecule has 0 bridgehead atoms. The molecule has 0 aliphatic heterocycles. The predicted molar refractivity (Wildman–Crippen MR) is 77.9 cm³/mol. The minimum absolute atomic E-state index is 0.207. The van der Waals surface area contributed by atoms with Crippen molar-refractivity contribution < 1.29 is 9.84 Å². The van der Waals surface area contributed by atoms with Gasteiger partial charge in [-0.2, -0.15) is 0 Å². The second-order valence-corrected chi connectivity index (χ2v) is 5.93. The van der Waals surface area contributed by atoms with Gasteiger partial charge in [-0.05, 0) is 39.8 Å². The molecule has 0 aliphatic carbocycles. The number of rotatable bonds is 4. The third-order valence-electron chi connectivity index (χ3n) is 2.78. The quantitative estimate of drug-likeness (QED) is 0.636. The van der Waals surface area contributed by atoms with Gasteiger partial charge in [0.05, 0.1) is 5.52 Å². The number of imidazole rings is 1. The summed E-state index contributed by atoms with van der Waals surface area (Å²) in [4.78, 5) is 16.7. The number of aliphatic hydroxyl groups is 1. The van der Waals surface area contributed by atoms with Crippen molar-refractivity contribution in [2.75, 3.05) is 0 Å². The highest BCUT2D eigenvalue weighted by molar-refractivity contribution is 5.81. The largest absolute Gasteiger partial charge is 0.470 e. The summed E-state index contributed by atoms with van der Waals surface area (Å²) in [6.45, 7) is 7.63. The molecule has 2 atom stereocenters. The normalized spacial score (nSPS) is 15.2. The molecule has 6 nitrogen and oxygen atoms in total. The van der Waals surface area contributed by atoms with E-state index in [-0.39, 0.29) is 11.2 Å². The van der Waals surface area contributed by atoms with E-state index < -0.39 is 12.3 Å². The van der Waals surface area contributed by atoms with Crippen molar-refractivity contribution in [2.24, 2.45) is 0 Å². The third kappa shape index (κ3) is 3.40. The maximum Gasteiger partial charge on any atom is 0.323 e. The number of para-hydroxylation sites is 1. The van der Waals surface area contributed by atoms with Crippen molar-refractivity contribution in [1.82, 2.24) is 15.3 Å². The average Bonchev–Trinajstić information content (AvgIpc) is 2.67. The Morgan fingerprint density at radius 3 is 2.60 bits per heavy atom. The minimum atomic E-state index is -0.699. The van der Waals surface area contributed by atoms with Gasteiger partial charge in [-0.15, -0.1) is 0 Å². The topological polar surface area (TPSA) is 90.1 Å². The molecule has 4 N–H and O–H groups in total. The van der Waals surface area contributed by atoms with Crippen LogP contribution >= 0.6 is 0 Å². The highest BCUT2D eigenvalue weighted by atomic mass is 16.5. The van der Waals surface area contributed by atoms with E-state index in [1.165, 1.54) is 0 Å². The maximum atomic E-state index is 11.4. The average molecular weight is 279 g/mol. The van der Waals surface area contributed by atoms with E-state index >= 15 is 0 Å². The molecule has 0 saturated heterocycles. The zero-order chi connectivity index (χ0) is 14.9. The predicted octanol–water partition coefficient (Wildman–Crippen LogP) is 1.33. The van der Waals surface area contributed by atoms with Gasteiger partial charge in [0.25, 0.3) is 0 Å². The number of fused-ring (bicyclic) bond motifs is 1. The van der Waals surface area contributed by atoms with Crippen LogP contribution in [-0.4, -0.2) is 32.9 Å². The van der Waals surface area contributed by atoms with Gasteiger partial charge < -0.3 is 19.8 Å². The van der Waals surface area contributed by atoms with Crippen molar-refractivity contribution in [2.45, 2.75) is 45.6 Å². The fourth-order valence-corrected chi connectivity index (χ4v) is 1.94. The summed E-state index contributed by atoms with van der Waals surface area (Å²) >= 11 is 0. The van der Waals surface area contributed by atoms with E-state index in [0.29, 0.717) is 16.8 Å². The number of aromatic amines is 2. The molecule has 0 amide bonds. The Hall–Kier alpha value is -1.79. The number of nitrogens with one attached hydrogen (secondary N) is 3. The summed E-state index contributed by atoms with van der Waals surface area (Å²) in [5.41, 5.74) is 0.779. The molecule has 0 radical (unpaired) electrons. The van der Waals surface area contributed by atoms with Crippen molar-refractivity contribution in [3.05, 3.63) is 28.7 Å². The second kappa shape index (κ2) is 5.30. The first-order chi connectivity index (χ1) is 9.26.